The van der Waals surface area contributed by atoms with Crippen molar-refractivity contribution in [1.82, 2.24) is 10.2 Å². The topological polar surface area (TPSA) is 49.4 Å². The second-order valence-electron chi connectivity index (χ2n) is 6.02. The standard InChI is InChI=1S/C14H21F3N2O2S/c1-22-11-4-2-3-10(6-11)18-13(21)9-5-12(20)19(7-9)8-14(15,16)17/h9-11H,2-8H2,1H3,(H,18,21)/t9-,10-,11+/m0/s1. The van der Waals surface area contributed by atoms with Gasteiger partial charge in [-0.1, -0.05) is 6.42 Å². The maximum atomic E-state index is 12.4. The molecule has 2 rings (SSSR count). The number of halogens is 3. The molecule has 3 atom stereocenters. The van der Waals surface area contributed by atoms with Crippen LogP contribution in [-0.2, 0) is 9.59 Å². The third-order valence-electron chi connectivity index (χ3n) is 4.26. The molecule has 1 aliphatic heterocycles. The van der Waals surface area contributed by atoms with E-state index in [2.05, 4.69) is 5.32 Å². The fourth-order valence-corrected chi connectivity index (χ4v) is 3.95. The Kier molecular flexibility index (Phi) is 5.63. The second-order valence-corrected chi connectivity index (χ2v) is 7.16. The van der Waals surface area contributed by atoms with Gasteiger partial charge in [-0.3, -0.25) is 9.59 Å². The van der Waals surface area contributed by atoms with E-state index < -0.39 is 24.5 Å². The van der Waals surface area contributed by atoms with Crippen LogP contribution >= 0.6 is 11.8 Å². The minimum atomic E-state index is -4.42. The monoisotopic (exact) mass is 338 g/mol. The molecule has 0 unspecified atom stereocenters. The van der Waals surface area contributed by atoms with E-state index in [0.29, 0.717) is 5.25 Å². The Morgan fingerprint density at radius 1 is 1.41 bits per heavy atom. The first-order valence-electron chi connectivity index (χ1n) is 7.46. The van der Waals surface area contributed by atoms with Crippen molar-refractivity contribution in [3.05, 3.63) is 0 Å². The lowest BCUT2D eigenvalue weighted by atomic mass is 9.94. The van der Waals surface area contributed by atoms with Crippen LogP contribution in [0, 0.1) is 5.92 Å². The van der Waals surface area contributed by atoms with Gasteiger partial charge in [-0.05, 0) is 25.5 Å². The third kappa shape index (κ3) is 4.79. The molecule has 0 aromatic rings. The molecule has 1 aliphatic carbocycles. The van der Waals surface area contributed by atoms with Gasteiger partial charge in [0.1, 0.15) is 6.54 Å². The minimum Gasteiger partial charge on any atom is -0.353 e. The van der Waals surface area contributed by atoms with E-state index in [1.807, 2.05) is 6.26 Å². The Labute approximate surface area is 132 Å². The Bertz CT molecular complexity index is 431. The summed E-state index contributed by atoms with van der Waals surface area (Å²) in [5, 5.41) is 3.44. The second kappa shape index (κ2) is 7.10. The summed E-state index contributed by atoms with van der Waals surface area (Å²) in [4.78, 5) is 24.5. The molecule has 0 aromatic carbocycles. The Balaban J connectivity index is 1.84. The Hall–Kier alpha value is -0.920. The van der Waals surface area contributed by atoms with Crippen molar-refractivity contribution in [3.8, 4) is 0 Å². The highest BCUT2D eigenvalue weighted by Crippen LogP contribution is 2.28. The number of hydrogen-bond acceptors (Lipinski definition) is 3. The van der Waals surface area contributed by atoms with E-state index >= 15 is 0 Å². The van der Waals surface area contributed by atoms with Gasteiger partial charge in [0.25, 0.3) is 0 Å². The SMILES string of the molecule is CS[C@@H]1CCC[C@H](NC(=O)[C@H]2CC(=O)N(CC(F)(F)F)C2)C1. The number of nitrogens with zero attached hydrogens (tertiary/aromatic N) is 1. The number of carbonyl (C=O) groups is 2. The summed E-state index contributed by atoms with van der Waals surface area (Å²) in [7, 11) is 0. The molecule has 1 N–H and O–H groups in total. The molecule has 2 fully saturated rings. The maximum Gasteiger partial charge on any atom is 0.406 e. The molecular formula is C14H21F3N2O2S. The van der Waals surface area contributed by atoms with Crippen molar-refractivity contribution in [3.63, 3.8) is 0 Å². The van der Waals surface area contributed by atoms with Crippen LogP contribution in [0.4, 0.5) is 13.2 Å². The smallest absolute Gasteiger partial charge is 0.353 e. The molecule has 0 bridgehead atoms. The highest BCUT2D eigenvalue weighted by atomic mass is 32.2. The lowest BCUT2D eigenvalue weighted by molar-refractivity contribution is -0.157. The van der Waals surface area contributed by atoms with E-state index in [-0.39, 0.29) is 24.9 Å². The van der Waals surface area contributed by atoms with Crippen molar-refractivity contribution >= 4 is 23.6 Å². The number of alkyl halides is 3. The van der Waals surface area contributed by atoms with Gasteiger partial charge in [-0.2, -0.15) is 24.9 Å². The van der Waals surface area contributed by atoms with Crippen LogP contribution < -0.4 is 5.32 Å². The third-order valence-corrected chi connectivity index (χ3v) is 5.36. The minimum absolute atomic E-state index is 0.0745. The number of likely N-dealkylation sites (tertiary alicyclic amines) is 1. The average molecular weight is 338 g/mol. The van der Waals surface area contributed by atoms with Gasteiger partial charge in [-0.15, -0.1) is 0 Å². The lowest BCUT2D eigenvalue weighted by Crippen LogP contribution is -2.43. The molecule has 1 heterocycles. The van der Waals surface area contributed by atoms with E-state index in [1.165, 1.54) is 0 Å². The Morgan fingerprint density at radius 2 is 2.14 bits per heavy atom. The number of thioether (sulfide) groups is 1. The first-order valence-corrected chi connectivity index (χ1v) is 8.75. The summed E-state index contributed by atoms with van der Waals surface area (Å²) in [6.07, 6.45) is 1.46. The molecule has 2 aliphatic rings. The fraction of sp³-hybridized carbons (Fsp3) is 0.857. The quantitative estimate of drug-likeness (QED) is 0.855. The van der Waals surface area contributed by atoms with Gasteiger partial charge >= 0.3 is 6.18 Å². The van der Waals surface area contributed by atoms with Crippen LogP contribution in [0.2, 0.25) is 0 Å². The molecule has 0 spiro atoms. The number of hydrogen-bond donors (Lipinski definition) is 1. The zero-order valence-electron chi connectivity index (χ0n) is 12.5. The first-order chi connectivity index (χ1) is 10.3. The van der Waals surface area contributed by atoms with Crippen LogP contribution in [0.15, 0.2) is 0 Å². The zero-order valence-corrected chi connectivity index (χ0v) is 13.3. The first kappa shape index (κ1) is 17.4. The van der Waals surface area contributed by atoms with E-state index in [9.17, 15) is 22.8 Å². The molecule has 1 saturated carbocycles. The maximum absolute atomic E-state index is 12.4. The number of rotatable bonds is 4. The highest BCUT2D eigenvalue weighted by molar-refractivity contribution is 7.99. The van der Waals surface area contributed by atoms with Crippen molar-refractivity contribution in [2.45, 2.75) is 49.6 Å². The highest BCUT2D eigenvalue weighted by Gasteiger charge is 2.41. The van der Waals surface area contributed by atoms with E-state index in [4.69, 9.17) is 0 Å². The zero-order chi connectivity index (χ0) is 16.3. The average Bonchev–Trinajstić information content (AvgIpc) is 2.78. The predicted octanol–water partition coefficient (Wildman–Crippen LogP) is 2.19. The molecule has 0 radical (unpaired) electrons. The van der Waals surface area contributed by atoms with Gasteiger partial charge in [-0.25, -0.2) is 0 Å². The summed E-state index contributed by atoms with van der Waals surface area (Å²) in [5.74, 6) is -1.54. The summed E-state index contributed by atoms with van der Waals surface area (Å²) < 4.78 is 37.1. The van der Waals surface area contributed by atoms with Gasteiger partial charge in [0.2, 0.25) is 11.8 Å². The summed E-state index contributed by atoms with van der Waals surface area (Å²) in [6.45, 7) is -1.41. The van der Waals surface area contributed by atoms with Crippen LogP contribution in [-0.4, -0.2) is 53.5 Å². The van der Waals surface area contributed by atoms with Crippen molar-refractivity contribution in [2.75, 3.05) is 19.3 Å². The molecule has 2 amide bonds. The predicted molar refractivity (Wildman–Crippen MR) is 78.4 cm³/mol. The number of carbonyl (C=O) groups excluding carboxylic acids is 2. The molecule has 8 heteroatoms. The molecular weight excluding hydrogens is 317 g/mol. The van der Waals surface area contributed by atoms with Crippen LogP contribution in [0.5, 0.6) is 0 Å². The van der Waals surface area contributed by atoms with Crippen molar-refractivity contribution < 1.29 is 22.8 Å². The summed E-state index contributed by atoms with van der Waals surface area (Å²) in [5.41, 5.74) is 0. The lowest BCUT2D eigenvalue weighted by Gasteiger charge is -2.29. The molecule has 1 saturated heterocycles. The van der Waals surface area contributed by atoms with Gasteiger partial charge in [0, 0.05) is 24.3 Å². The molecule has 126 valence electrons. The van der Waals surface area contributed by atoms with Crippen LogP contribution in [0.1, 0.15) is 32.1 Å². The summed E-state index contributed by atoms with van der Waals surface area (Å²) >= 11 is 1.78. The van der Waals surface area contributed by atoms with E-state index in [0.717, 1.165) is 30.6 Å². The largest absolute Gasteiger partial charge is 0.406 e. The van der Waals surface area contributed by atoms with Gasteiger partial charge < -0.3 is 10.2 Å². The van der Waals surface area contributed by atoms with Crippen LogP contribution in [0.25, 0.3) is 0 Å². The number of amides is 2. The summed E-state index contributed by atoms with van der Waals surface area (Å²) in [6, 6.07) is 0.0745. The number of nitrogens with one attached hydrogen (secondary N) is 1. The van der Waals surface area contributed by atoms with Crippen LogP contribution in [0.3, 0.4) is 0 Å². The van der Waals surface area contributed by atoms with E-state index in [1.54, 1.807) is 11.8 Å². The van der Waals surface area contributed by atoms with Gasteiger partial charge in [0.15, 0.2) is 0 Å². The fourth-order valence-electron chi connectivity index (χ4n) is 3.13. The molecule has 22 heavy (non-hydrogen) atoms. The van der Waals surface area contributed by atoms with Gasteiger partial charge in [0.05, 0.1) is 5.92 Å². The normalized spacial score (nSPS) is 29.7. The Morgan fingerprint density at radius 3 is 2.77 bits per heavy atom. The van der Waals surface area contributed by atoms with Crippen molar-refractivity contribution in [1.29, 1.82) is 0 Å². The van der Waals surface area contributed by atoms with Crippen molar-refractivity contribution in [2.24, 2.45) is 5.92 Å². The molecule has 0 aromatic heterocycles. The molecule has 4 nitrogen and oxygen atoms in total.